The number of hydrogen-bond acceptors (Lipinski definition) is 2. The van der Waals surface area contributed by atoms with Gasteiger partial charge in [-0.05, 0) is 26.9 Å². The molecule has 13 heavy (non-hydrogen) atoms. The van der Waals surface area contributed by atoms with Gasteiger partial charge in [-0.3, -0.25) is 9.69 Å². The zero-order valence-corrected chi connectivity index (χ0v) is 8.68. The van der Waals surface area contributed by atoms with Crippen molar-refractivity contribution in [2.45, 2.75) is 44.1 Å². The summed E-state index contributed by atoms with van der Waals surface area (Å²) in [6.45, 7) is 0. The van der Waals surface area contributed by atoms with Gasteiger partial charge in [-0.2, -0.15) is 0 Å². The van der Waals surface area contributed by atoms with Crippen molar-refractivity contribution < 1.29 is 4.79 Å². The molecule has 0 atom stereocenters. The third kappa shape index (κ3) is 2.02. The van der Waals surface area contributed by atoms with Crippen LogP contribution in [0.4, 0.5) is 0 Å². The van der Waals surface area contributed by atoms with Crippen molar-refractivity contribution in [2.75, 3.05) is 14.1 Å². The summed E-state index contributed by atoms with van der Waals surface area (Å²) in [4.78, 5) is 13.5. The van der Waals surface area contributed by atoms with Crippen molar-refractivity contribution in [3.63, 3.8) is 0 Å². The summed E-state index contributed by atoms with van der Waals surface area (Å²) in [5.41, 5.74) is 5.13. The first-order valence-corrected chi connectivity index (χ1v) is 5.07. The van der Waals surface area contributed by atoms with E-state index in [-0.39, 0.29) is 11.4 Å². The van der Waals surface area contributed by atoms with Gasteiger partial charge in [0, 0.05) is 0 Å². The molecular formula is C10H20N2O. The number of primary amides is 1. The number of nitrogens with zero attached hydrogens (tertiary/aromatic N) is 1. The number of hydrogen-bond donors (Lipinski definition) is 1. The average molecular weight is 184 g/mol. The van der Waals surface area contributed by atoms with Crippen LogP contribution >= 0.6 is 0 Å². The molecule has 0 unspecified atom stereocenters. The normalized spacial score (nSPS) is 22.7. The Bertz CT molecular complexity index is 181. The second-order valence-electron chi connectivity index (χ2n) is 4.20. The van der Waals surface area contributed by atoms with Crippen LogP contribution < -0.4 is 5.73 Å². The van der Waals surface area contributed by atoms with E-state index in [9.17, 15) is 4.79 Å². The third-order valence-electron chi connectivity index (χ3n) is 3.25. The minimum atomic E-state index is -0.365. The maximum absolute atomic E-state index is 11.5. The van der Waals surface area contributed by atoms with E-state index >= 15 is 0 Å². The molecule has 0 aliphatic heterocycles. The Kier molecular flexibility index (Phi) is 3.31. The van der Waals surface area contributed by atoms with Gasteiger partial charge in [0.25, 0.3) is 0 Å². The Labute approximate surface area is 80.3 Å². The fourth-order valence-electron chi connectivity index (χ4n) is 2.23. The van der Waals surface area contributed by atoms with Crippen molar-refractivity contribution in [3.05, 3.63) is 0 Å². The summed E-state index contributed by atoms with van der Waals surface area (Å²) in [5, 5.41) is 0. The molecule has 0 radical (unpaired) electrons. The molecule has 0 saturated heterocycles. The highest BCUT2D eigenvalue weighted by atomic mass is 16.1. The molecule has 1 amide bonds. The monoisotopic (exact) mass is 184 g/mol. The number of rotatable bonds is 2. The average Bonchev–Trinajstić information content (AvgIpc) is 2.28. The molecule has 0 aromatic rings. The van der Waals surface area contributed by atoms with Gasteiger partial charge in [0.1, 0.15) is 0 Å². The van der Waals surface area contributed by atoms with Crippen LogP contribution in [0.15, 0.2) is 0 Å². The van der Waals surface area contributed by atoms with Crippen LogP contribution in [0, 0.1) is 0 Å². The van der Waals surface area contributed by atoms with E-state index in [2.05, 4.69) is 0 Å². The largest absolute Gasteiger partial charge is 0.368 e. The minimum absolute atomic E-state index is 0.153. The first kappa shape index (κ1) is 10.5. The molecular weight excluding hydrogens is 164 g/mol. The highest BCUT2D eigenvalue weighted by Crippen LogP contribution is 2.30. The van der Waals surface area contributed by atoms with E-state index < -0.39 is 0 Å². The van der Waals surface area contributed by atoms with E-state index in [0.717, 1.165) is 25.7 Å². The number of likely N-dealkylation sites (N-methyl/N-ethyl adjacent to an activating group) is 1. The quantitative estimate of drug-likeness (QED) is 0.654. The molecule has 0 aromatic carbocycles. The van der Waals surface area contributed by atoms with Gasteiger partial charge in [-0.25, -0.2) is 0 Å². The molecule has 0 bridgehead atoms. The van der Waals surface area contributed by atoms with E-state index in [1.165, 1.54) is 12.8 Å². The lowest BCUT2D eigenvalue weighted by Gasteiger charge is -2.36. The summed E-state index contributed by atoms with van der Waals surface area (Å²) >= 11 is 0. The Balaban J connectivity index is 2.80. The molecule has 1 rings (SSSR count). The van der Waals surface area contributed by atoms with Crippen molar-refractivity contribution >= 4 is 5.91 Å². The maximum atomic E-state index is 11.5. The van der Waals surface area contributed by atoms with Gasteiger partial charge in [0.05, 0.1) is 5.54 Å². The smallest absolute Gasteiger partial charge is 0.237 e. The summed E-state index contributed by atoms with van der Waals surface area (Å²) in [7, 11) is 3.91. The lowest BCUT2D eigenvalue weighted by Crippen LogP contribution is -2.54. The Morgan fingerprint density at radius 2 is 1.62 bits per heavy atom. The minimum Gasteiger partial charge on any atom is -0.368 e. The van der Waals surface area contributed by atoms with E-state index in [1.807, 2.05) is 19.0 Å². The highest BCUT2D eigenvalue weighted by Gasteiger charge is 2.38. The standard InChI is InChI=1S/C10H20N2O/c1-12(2)10(9(11)13)7-5-3-4-6-8-10/h3-8H2,1-2H3,(H2,11,13). The summed E-state index contributed by atoms with van der Waals surface area (Å²) in [5.74, 6) is -0.153. The topological polar surface area (TPSA) is 46.3 Å². The molecule has 2 N–H and O–H groups in total. The van der Waals surface area contributed by atoms with Crippen molar-refractivity contribution in [1.29, 1.82) is 0 Å². The fraction of sp³-hybridized carbons (Fsp3) is 0.900. The molecule has 1 saturated carbocycles. The van der Waals surface area contributed by atoms with Crippen LogP contribution in [0.25, 0.3) is 0 Å². The summed E-state index contributed by atoms with van der Waals surface area (Å²) in [6, 6.07) is 0. The Morgan fingerprint density at radius 3 is 1.92 bits per heavy atom. The van der Waals surface area contributed by atoms with Crippen LogP contribution in [0.1, 0.15) is 38.5 Å². The molecule has 1 aliphatic carbocycles. The number of carbonyl (C=O) groups excluding carboxylic acids is 1. The zero-order chi connectivity index (χ0) is 9.90. The number of nitrogens with two attached hydrogens (primary N) is 1. The molecule has 1 aliphatic rings. The van der Waals surface area contributed by atoms with E-state index in [1.54, 1.807) is 0 Å². The molecule has 1 fully saturated rings. The van der Waals surface area contributed by atoms with Gasteiger partial charge in [0.15, 0.2) is 0 Å². The van der Waals surface area contributed by atoms with Crippen LogP contribution in [-0.2, 0) is 4.79 Å². The lowest BCUT2D eigenvalue weighted by atomic mass is 9.88. The van der Waals surface area contributed by atoms with Gasteiger partial charge in [-0.1, -0.05) is 25.7 Å². The summed E-state index contributed by atoms with van der Waals surface area (Å²) in [6.07, 6.45) is 6.58. The van der Waals surface area contributed by atoms with E-state index in [4.69, 9.17) is 5.73 Å². The second kappa shape index (κ2) is 4.09. The zero-order valence-electron chi connectivity index (χ0n) is 8.68. The third-order valence-corrected chi connectivity index (χ3v) is 3.25. The molecule has 76 valence electrons. The second-order valence-corrected chi connectivity index (χ2v) is 4.20. The molecule has 0 heterocycles. The van der Waals surface area contributed by atoms with Crippen LogP contribution in [0.5, 0.6) is 0 Å². The van der Waals surface area contributed by atoms with Crippen molar-refractivity contribution in [3.8, 4) is 0 Å². The number of amides is 1. The maximum Gasteiger partial charge on any atom is 0.237 e. The Hall–Kier alpha value is -0.570. The van der Waals surface area contributed by atoms with Gasteiger partial charge in [-0.15, -0.1) is 0 Å². The fourth-order valence-corrected chi connectivity index (χ4v) is 2.23. The van der Waals surface area contributed by atoms with Crippen LogP contribution in [0.3, 0.4) is 0 Å². The van der Waals surface area contributed by atoms with Crippen molar-refractivity contribution in [2.24, 2.45) is 5.73 Å². The first-order chi connectivity index (χ1) is 6.09. The van der Waals surface area contributed by atoms with Crippen LogP contribution in [0.2, 0.25) is 0 Å². The Morgan fingerprint density at radius 1 is 1.15 bits per heavy atom. The predicted octanol–water partition coefficient (Wildman–Crippen LogP) is 1.13. The SMILES string of the molecule is CN(C)C1(C(N)=O)CCCCCC1. The molecule has 0 aromatic heterocycles. The predicted molar refractivity (Wildman–Crippen MR) is 53.3 cm³/mol. The molecule has 3 heteroatoms. The van der Waals surface area contributed by atoms with E-state index in [0.29, 0.717) is 0 Å². The first-order valence-electron chi connectivity index (χ1n) is 5.07. The van der Waals surface area contributed by atoms with Crippen molar-refractivity contribution in [1.82, 2.24) is 4.90 Å². The highest BCUT2D eigenvalue weighted by molar-refractivity contribution is 5.84. The number of carbonyl (C=O) groups is 1. The van der Waals surface area contributed by atoms with Gasteiger partial charge < -0.3 is 5.73 Å². The van der Waals surface area contributed by atoms with Gasteiger partial charge in [0.2, 0.25) is 5.91 Å². The van der Waals surface area contributed by atoms with Gasteiger partial charge >= 0.3 is 0 Å². The van der Waals surface area contributed by atoms with Crippen LogP contribution in [-0.4, -0.2) is 30.4 Å². The summed E-state index contributed by atoms with van der Waals surface area (Å²) < 4.78 is 0. The molecule has 3 nitrogen and oxygen atoms in total. The lowest BCUT2D eigenvalue weighted by molar-refractivity contribution is -0.129. The molecule has 0 spiro atoms.